The van der Waals surface area contributed by atoms with Gasteiger partial charge in [0, 0.05) is 18.9 Å². The van der Waals surface area contributed by atoms with Crippen LogP contribution in [0.1, 0.15) is 33.1 Å². The maximum atomic E-state index is 12.7. The van der Waals surface area contributed by atoms with Gasteiger partial charge in [-0.15, -0.1) is 0 Å². The maximum absolute atomic E-state index is 12.7. The number of amides is 1. The summed E-state index contributed by atoms with van der Waals surface area (Å²) in [6.45, 7) is 4.87. The molecule has 3 rings (SSSR count). The van der Waals surface area contributed by atoms with Gasteiger partial charge in [0.15, 0.2) is 0 Å². The summed E-state index contributed by atoms with van der Waals surface area (Å²) in [5.41, 5.74) is 0.546. The van der Waals surface area contributed by atoms with Gasteiger partial charge in [-0.3, -0.25) is 14.8 Å². The Labute approximate surface area is 129 Å². The summed E-state index contributed by atoms with van der Waals surface area (Å²) in [6.07, 6.45) is 7.64. The topological polar surface area (TPSA) is 86.8 Å². The Hall–Kier alpha value is -2.44. The van der Waals surface area contributed by atoms with Gasteiger partial charge in [-0.2, -0.15) is 10.1 Å². The van der Waals surface area contributed by atoms with Gasteiger partial charge in [-0.1, -0.05) is 13.8 Å². The number of H-pyrrole nitrogens is 1. The zero-order valence-electron chi connectivity index (χ0n) is 12.8. The molecular weight excluding hydrogens is 280 g/mol. The molecule has 116 valence electrons. The molecule has 3 heterocycles. The summed E-state index contributed by atoms with van der Waals surface area (Å²) in [6, 6.07) is 1.78. The number of carbonyl (C=O) groups is 1. The number of nitrogens with zero attached hydrogens (tertiary/aromatic N) is 4. The molecule has 0 saturated carbocycles. The Morgan fingerprint density at radius 3 is 2.86 bits per heavy atom. The van der Waals surface area contributed by atoms with Crippen molar-refractivity contribution >= 4 is 23.4 Å². The van der Waals surface area contributed by atoms with Crippen molar-refractivity contribution in [3.05, 3.63) is 24.7 Å². The molecule has 2 aromatic heterocycles. The van der Waals surface area contributed by atoms with Crippen LogP contribution in [0, 0.1) is 5.41 Å². The Balaban J connectivity index is 1.82. The van der Waals surface area contributed by atoms with E-state index in [1.54, 1.807) is 29.6 Å². The summed E-state index contributed by atoms with van der Waals surface area (Å²) in [7, 11) is 0. The summed E-state index contributed by atoms with van der Waals surface area (Å²) < 4.78 is 0. The normalized spacial score (nSPS) is 17.0. The number of carbonyl (C=O) groups excluding carboxylic acids is 1. The fraction of sp³-hybridized carbons (Fsp3) is 0.467. The largest absolute Gasteiger partial charge is 0.321 e. The first kappa shape index (κ1) is 14.5. The van der Waals surface area contributed by atoms with Crippen molar-refractivity contribution in [1.82, 2.24) is 20.2 Å². The van der Waals surface area contributed by atoms with Crippen LogP contribution in [0.5, 0.6) is 0 Å². The minimum Gasteiger partial charge on any atom is -0.321 e. The van der Waals surface area contributed by atoms with Gasteiger partial charge in [0.2, 0.25) is 11.9 Å². The van der Waals surface area contributed by atoms with Crippen LogP contribution in [0.25, 0.3) is 0 Å². The van der Waals surface area contributed by atoms with Crippen LogP contribution in [0.4, 0.5) is 17.5 Å². The van der Waals surface area contributed by atoms with E-state index in [-0.39, 0.29) is 11.3 Å². The van der Waals surface area contributed by atoms with Crippen molar-refractivity contribution in [2.75, 3.05) is 16.8 Å². The zero-order valence-corrected chi connectivity index (χ0v) is 12.8. The molecule has 0 unspecified atom stereocenters. The summed E-state index contributed by atoms with van der Waals surface area (Å²) >= 11 is 0. The number of aromatic amines is 1. The lowest BCUT2D eigenvalue weighted by Gasteiger charge is -2.24. The molecule has 2 N–H and O–H groups in total. The Morgan fingerprint density at radius 2 is 2.23 bits per heavy atom. The van der Waals surface area contributed by atoms with E-state index in [1.807, 2.05) is 0 Å². The molecule has 0 bridgehead atoms. The van der Waals surface area contributed by atoms with E-state index in [0.717, 1.165) is 24.9 Å². The van der Waals surface area contributed by atoms with E-state index in [9.17, 15) is 4.79 Å². The van der Waals surface area contributed by atoms with Gasteiger partial charge in [-0.25, -0.2) is 4.98 Å². The van der Waals surface area contributed by atoms with Gasteiger partial charge in [0.05, 0.1) is 17.3 Å². The average molecular weight is 300 g/mol. The third-order valence-electron chi connectivity index (χ3n) is 4.54. The van der Waals surface area contributed by atoms with Crippen molar-refractivity contribution in [3.8, 4) is 0 Å². The molecule has 0 spiro atoms. The predicted molar refractivity (Wildman–Crippen MR) is 83.9 cm³/mol. The molecular formula is C15H20N6O. The summed E-state index contributed by atoms with van der Waals surface area (Å²) in [5, 5.41) is 9.64. The molecule has 1 aliphatic heterocycles. The lowest BCUT2D eigenvalue weighted by Crippen LogP contribution is -2.34. The van der Waals surface area contributed by atoms with Gasteiger partial charge >= 0.3 is 0 Å². The van der Waals surface area contributed by atoms with E-state index < -0.39 is 0 Å². The average Bonchev–Trinajstić information content (AvgIpc) is 3.16. The molecule has 0 aromatic carbocycles. The standard InChI is InChI=1S/C15H20N6O/c1-3-15(4-2)6-8-21(13(15)22)12-5-7-16-14(20-12)19-11-9-17-18-10-11/h5,7,9-10H,3-4,6,8H2,1-2H3,(H,17,18)(H,16,19,20). The highest BCUT2D eigenvalue weighted by Crippen LogP contribution is 2.39. The van der Waals surface area contributed by atoms with Gasteiger partial charge < -0.3 is 5.32 Å². The highest BCUT2D eigenvalue weighted by Gasteiger charge is 2.44. The number of anilines is 3. The molecule has 1 saturated heterocycles. The van der Waals surface area contributed by atoms with Crippen LogP contribution in [-0.4, -0.2) is 32.6 Å². The molecule has 1 amide bonds. The summed E-state index contributed by atoms with van der Waals surface area (Å²) in [5.74, 6) is 1.28. The van der Waals surface area contributed by atoms with Crippen LogP contribution in [0.15, 0.2) is 24.7 Å². The van der Waals surface area contributed by atoms with E-state index in [1.165, 1.54) is 0 Å². The zero-order chi connectivity index (χ0) is 15.6. The van der Waals surface area contributed by atoms with Crippen molar-refractivity contribution in [2.24, 2.45) is 5.41 Å². The van der Waals surface area contributed by atoms with Crippen LogP contribution >= 0.6 is 0 Å². The predicted octanol–water partition coefficient (Wildman–Crippen LogP) is 2.49. The Morgan fingerprint density at radius 1 is 1.41 bits per heavy atom. The third kappa shape index (κ3) is 2.43. The van der Waals surface area contributed by atoms with Gasteiger partial charge in [0.1, 0.15) is 5.82 Å². The Kier molecular flexibility index (Phi) is 3.79. The smallest absolute Gasteiger partial charge is 0.234 e. The summed E-state index contributed by atoms with van der Waals surface area (Å²) in [4.78, 5) is 23.2. The van der Waals surface area contributed by atoms with E-state index >= 15 is 0 Å². The van der Waals surface area contributed by atoms with Gasteiger partial charge in [-0.05, 0) is 25.3 Å². The molecule has 1 fully saturated rings. The minimum atomic E-state index is -0.233. The van der Waals surface area contributed by atoms with Crippen LogP contribution in [0.3, 0.4) is 0 Å². The van der Waals surface area contributed by atoms with Crippen LogP contribution in [0.2, 0.25) is 0 Å². The quantitative estimate of drug-likeness (QED) is 0.886. The molecule has 0 radical (unpaired) electrons. The minimum absolute atomic E-state index is 0.172. The molecule has 22 heavy (non-hydrogen) atoms. The van der Waals surface area contributed by atoms with Crippen molar-refractivity contribution < 1.29 is 4.79 Å². The number of nitrogens with one attached hydrogen (secondary N) is 2. The molecule has 7 nitrogen and oxygen atoms in total. The molecule has 0 atom stereocenters. The second-order valence-corrected chi connectivity index (χ2v) is 5.54. The highest BCUT2D eigenvalue weighted by molar-refractivity contribution is 5.99. The fourth-order valence-electron chi connectivity index (χ4n) is 2.95. The first-order valence-electron chi connectivity index (χ1n) is 7.59. The number of rotatable bonds is 5. The lowest BCUT2D eigenvalue weighted by molar-refractivity contribution is -0.125. The number of hydrogen-bond donors (Lipinski definition) is 2. The fourth-order valence-corrected chi connectivity index (χ4v) is 2.95. The van der Waals surface area contributed by atoms with Gasteiger partial charge in [0.25, 0.3) is 0 Å². The van der Waals surface area contributed by atoms with Crippen LogP contribution in [-0.2, 0) is 4.79 Å². The first-order valence-corrected chi connectivity index (χ1v) is 7.59. The van der Waals surface area contributed by atoms with E-state index in [4.69, 9.17) is 0 Å². The molecule has 2 aromatic rings. The maximum Gasteiger partial charge on any atom is 0.234 e. The van der Waals surface area contributed by atoms with E-state index in [2.05, 4.69) is 39.3 Å². The molecule has 1 aliphatic rings. The Bertz CT molecular complexity index is 650. The van der Waals surface area contributed by atoms with Crippen molar-refractivity contribution in [1.29, 1.82) is 0 Å². The second kappa shape index (κ2) is 5.75. The number of aromatic nitrogens is 4. The highest BCUT2D eigenvalue weighted by atomic mass is 16.2. The SMILES string of the molecule is CCC1(CC)CCN(c2ccnc(Nc3cn[nH]c3)n2)C1=O. The van der Waals surface area contributed by atoms with Crippen molar-refractivity contribution in [3.63, 3.8) is 0 Å². The monoisotopic (exact) mass is 300 g/mol. The van der Waals surface area contributed by atoms with E-state index in [0.29, 0.717) is 18.3 Å². The first-order chi connectivity index (χ1) is 10.7. The third-order valence-corrected chi connectivity index (χ3v) is 4.54. The second-order valence-electron chi connectivity index (χ2n) is 5.54. The number of hydrogen-bond acceptors (Lipinski definition) is 5. The lowest BCUT2D eigenvalue weighted by atomic mass is 9.81. The molecule has 0 aliphatic carbocycles. The van der Waals surface area contributed by atoms with Crippen molar-refractivity contribution in [2.45, 2.75) is 33.1 Å². The molecule has 7 heteroatoms. The van der Waals surface area contributed by atoms with Crippen LogP contribution < -0.4 is 10.2 Å².